The summed E-state index contributed by atoms with van der Waals surface area (Å²) in [6.07, 6.45) is 0.0295. The molecule has 6 nitrogen and oxygen atoms in total. The molecule has 2 aromatic carbocycles. The lowest BCUT2D eigenvalue weighted by molar-refractivity contribution is -0.122. The fraction of sp³-hybridized carbons (Fsp3) is 0.190. The number of hydrogen-bond acceptors (Lipinski definition) is 4. The molecule has 1 atom stereocenters. The van der Waals surface area contributed by atoms with E-state index in [9.17, 15) is 14.0 Å². The Labute approximate surface area is 161 Å². The Morgan fingerprint density at radius 3 is 2.64 bits per heavy atom. The van der Waals surface area contributed by atoms with Gasteiger partial charge in [0.25, 0.3) is 11.5 Å². The monoisotopic (exact) mass is 381 g/mol. The molecular formula is C21H20FN3O3. The third-order valence-corrected chi connectivity index (χ3v) is 4.12. The first-order chi connectivity index (χ1) is 13.5. The number of anilines is 1. The molecule has 0 aliphatic heterocycles. The second-order valence-electron chi connectivity index (χ2n) is 6.20. The highest BCUT2D eigenvalue weighted by Gasteiger charge is 2.16. The number of nitrogens with zero attached hydrogens (tertiary/aromatic N) is 2. The van der Waals surface area contributed by atoms with Gasteiger partial charge in [0, 0.05) is 17.8 Å². The molecule has 1 aromatic heterocycles. The fourth-order valence-electron chi connectivity index (χ4n) is 2.57. The molecule has 0 unspecified atom stereocenters. The number of amides is 1. The van der Waals surface area contributed by atoms with Crippen LogP contribution in [0.25, 0.3) is 5.69 Å². The number of carbonyl (C=O) groups is 1. The average molecular weight is 381 g/mol. The number of halogens is 1. The summed E-state index contributed by atoms with van der Waals surface area (Å²) in [7, 11) is 0. The van der Waals surface area contributed by atoms with Crippen LogP contribution >= 0.6 is 0 Å². The minimum absolute atomic E-state index is 0.105. The molecule has 144 valence electrons. The lowest BCUT2D eigenvalue weighted by Gasteiger charge is -2.15. The Balaban J connectivity index is 1.73. The lowest BCUT2D eigenvalue weighted by Crippen LogP contribution is -2.31. The van der Waals surface area contributed by atoms with Gasteiger partial charge in [-0.15, -0.1) is 5.10 Å². The van der Waals surface area contributed by atoms with E-state index in [0.29, 0.717) is 11.4 Å². The van der Waals surface area contributed by atoms with Crippen LogP contribution in [0.3, 0.4) is 0 Å². The molecule has 0 fully saturated rings. The zero-order valence-electron chi connectivity index (χ0n) is 15.6. The van der Waals surface area contributed by atoms with Crippen molar-refractivity contribution < 1.29 is 13.9 Å². The summed E-state index contributed by atoms with van der Waals surface area (Å²) >= 11 is 0. The zero-order valence-corrected chi connectivity index (χ0v) is 15.6. The van der Waals surface area contributed by atoms with Crippen LogP contribution in [-0.2, 0) is 11.2 Å². The molecule has 1 amide bonds. The van der Waals surface area contributed by atoms with Gasteiger partial charge in [-0.05, 0) is 55.3 Å². The third kappa shape index (κ3) is 4.62. The second kappa shape index (κ2) is 8.47. The van der Waals surface area contributed by atoms with E-state index in [2.05, 4.69) is 10.4 Å². The normalized spacial score (nSPS) is 11.7. The lowest BCUT2D eigenvalue weighted by atomic mass is 10.1. The van der Waals surface area contributed by atoms with Gasteiger partial charge >= 0.3 is 0 Å². The summed E-state index contributed by atoms with van der Waals surface area (Å²) in [6.45, 7) is 3.63. The second-order valence-corrected chi connectivity index (χ2v) is 6.20. The third-order valence-electron chi connectivity index (χ3n) is 4.12. The maximum absolute atomic E-state index is 13.1. The van der Waals surface area contributed by atoms with E-state index in [0.717, 1.165) is 16.7 Å². The van der Waals surface area contributed by atoms with Crippen molar-refractivity contribution in [2.75, 3.05) is 5.32 Å². The van der Waals surface area contributed by atoms with E-state index in [4.69, 9.17) is 4.74 Å². The summed E-state index contributed by atoms with van der Waals surface area (Å²) in [5, 5.41) is 6.91. The number of aromatic nitrogens is 2. The first kappa shape index (κ1) is 19.3. The number of hydrogen-bond donors (Lipinski definition) is 1. The molecule has 0 saturated heterocycles. The predicted octanol–water partition coefficient (Wildman–Crippen LogP) is 3.34. The topological polar surface area (TPSA) is 73.2 Å². The summed E-state index contributed by atoms with van der Waals surface area (Å²) in [4.78, 5) is 24.5. The molecule has 0 aliphatic carbocycles. The van der Waals surface area contributed by atoms with Gasteiger partial charge in [0.1, 0.15) is 5.82 Å². The van der Waals surface area contributed by atoms with Crippen LogP contribution < -0.4 is 15.6 Å². The van der Waals surface area contributed by atoms with Crippen molar-refractivity contribution in [2.45, 2.75) is 26.4 Å². The SMILES string of the molecule is CCc1cccc(NC(=O)[C@@H](C)Oc2ccc(=O)n(-c3ccc(F)cc3)n2)c1. The quantitative estimate of drug-likeness (QED) is 0.711. The Morgan fingerprint density at radius 1 is 1.18 bits per heavy atom. The predicted molar refractivity (Wildman–Crippen MR) is 104 cm³/mol. The summed E-state index contributed by atoms with van der Waals surface area (Å²) < 4.78 is 19.8. The van der Waals surface area contributed by atoms with Crippen LogP contribution in [0.4, 0.5) is 10.1 Å². The van der Waals surface area contributed by atoms with Gasteiger partial charge < -0.3 is 10.1 Å². The Hall–Kier alpha value is -3.48. The van der Waals surface area contributed by atoms with Crippen molar-refractivity contribution >= 4 is 11.6 Å². The molecule has 0 spiro atoms. The number of carbonyl (C=O) groups excluding carboxylic acids is 1. The maximum atomic E-state index is 13.1. The number of nitrogens with one attached hydrogen (secondary N) is 1. The van der Waals surface area contributed by atoms with E-state index >= 15 is 0 Å². The van der Waals surface area contributed by atoms with Gasteiger partial charge in [-0.1, -0.05) is 19.1 Å². The van der Waals surface area contributed by atoms with Gasteiger partial charge in [0.05, 0.1) is 5.69 Å². The molecule has 28 heavy (non-hydrogen) atoms. The van der Waals surface area contributed by atoms with Crippen molar-refractivity contribution in [3.05, 3.63) is 82.4 Å². The number of ether oxygens (including phenoxy) is 1. The minimum Gasteiger partial charge on any atom is -0.463 e. The standard InChI is InChI=1S/C21H20FN3O3/c1-3-15-5-4-6-17(13-15)23-21(27)14(2)28-19-11-12-20(26)25(24-19)18-9-7-16(22)8-10-18/h4-14H,3H2,1-2H3,(H,23,27)/t14-/m1/s1. The van der Waals surface area contributed by atoms with Crippen LogP contribution in [-0.4, -0.2) is 21.8 Å². The fourth-order valence-corrected chi connectivity index (χ4v) is 2.57. The number of benzene rings is 2. The molecule has 0 bridgehead atoms. The Bertz CT molecular complexity index is 1030. The maximum Gasteiger partial charge on any atom is 0.271 e. The molecule has 3 rings (SSSR count). The van der Waals surface area contributed by atoms with E-state index in [1.165, 1.54) is 36.4 Å². The molecular weight excluding hydrogens is 361 g/mol. The van der Waals surface area contributed by atoms with Crippen LogP contribution in [0.15, 0.2) is 65.5 Å². The summed E-state index contributed by atoms with van der Waals surface area (Å²) in [5.41, 5.74) is 1.79. The molecule has 0 saturated carbocycles. The minimum atomic E-state index is -0.836. The molecule has 7 heteroatoms. The molecule has 1 N–H and O–H groups in total. The first-order valence-corrected chi connectivity index (χ1v) is 8.89. The number of aryl methyl sites for hydroxylation is 1. The van der Waals surface area contributed by atoms with E-state index in [-0.39, 0.29) is 11.8 Å². The zero-order chi connectivity index (χ0) is 20.1. The van der Waals surface area contributed by atoms with Crippen LogP contribution in [0, 0.1) is 5.82 Å². The highest BCUT2D eigenvalue weighted by molar-refractivity contribution is 5.94. The van der Waals surface area contributed by atoms with Gasteiger partial charge in [-0.3, -0.25) is 9.59 Å². The van der Waals surface area contributed by atoms with Gasteiger partial charge in [0.15, 0.2) is 6.10 Å². The van der Waals surface area contributed by atoms with Crippen molar-refractivity contribution in [3.8, 4) is 11.6 Å². The van der Waals surface area contributed by atoms with Crippen molar-refractivity contribution in [1.29, 1.82) is 0 Å². The Kier molecular flexibility index (Phi) is 5.84. The van der Waals surface area contributed by atoms with Gasteiger partial charge in [-0.25, -0.2) is 4.39 Å². The molecule has 1 heterocycles. The molecule has 0 radical (unpaired) electrons. The summed E-state index contributed by atoms with van der Waals surface area (Å²) in [5.74, 6) is -0.648. The van der Waals surface area contributed by atoms with E-state index in [1.807, 2.05) is 25.1 Å². The highest BCUT2D eigenvalue weighted by Crippen LogP contribution is 2.14. The van der Waals surface area contributed by atoms with Gasteiger partial charge in [0.2, 0.25) is 5.88 Å². The highest BCUT2D eigenvalue weighted by atomic mass is 19.1. The van der Waals surface area contributed by atoms with Crippen LogP contribution in [0.1, 0.15) is 19.4 Å². The van der Waals surface area contributed by atoms with E-state index in [1.54, 1.807) is 13.0 Å². The largest absolute Gasteiger partial charge is 0.463 e. The summed E-state index contributed by atoms with van der Waals surface area (Å²) in [6, 6.07) is 15.6. The molecule has 3 aromatic rings. The van der Waals surface area contributed by atoms with Crippen molar-refractivity contribution in [2.24, 2.45) is 0 Å². The average Bonchev–Trinajstić information content (AvgIpc) is 2.70. The van der Waals surface area contributed by atoms with Crippen molar-refractivity contribution in [3.63, 3.8) is 0 Å². The van der Waals surface area contributed by atoms with Gasteiger partial charge in [-0.2, -0.15) is 4.68 Å². The first-order valence-electron chi connectivity index (χ1n) is 8.89. The smallest absolute Gasteiger partial charge is 0.271 e. The van der Waals surface area contributed by atoms with Crippen LogP contribution in [0.2, 0.25) is 0 Å². The number of rotatable bonds is 6. The van der Waals surface area contributed by atoms with Crippen LogP contribution in [0.5, 0.6) is 5.88 Å². The van der Waals surface area contributed by atoms with Crippen molar-refractivity contribution in [1.82, 2.24) is 9.78 Å². The molecule has 0 aliphatic rings. The van der Waals surface area contributed by atoms with E-state index < -0.39 is 17.5 Å². The Morgan fingerprint density at radius 2 is 1.93 bits per heavy atom.